The summed E-state index contributed by atoms with van der Waals surface area (Å²) < 4.78 is 12.2. The Bertz CT molecular complexity index is 790. The van der Waals surface area contributed by atoms with Crippen LogP contribution in [0.5, 0.6) is 0 Å². The van der Waals surface area contributed by atoms with Crippen molar-refractivity contribution >= 4 is 5.78 Å². The highest BCUT2D eigenvalue weighted by molar-refractivity contribution is 5.75. The Morgan fingerprint density at radius 1 is 1.13 bits per heavy atom. The van der Waals surface area contributed by atoms with Crippen LogP contribution in [-0.2, 0) is 14.3 Å². The summed E-state index contributed by atoms with van der Waals surface area (Å²) in [5.74, 6) is 3.45. The Kier molecular flexibility index (Phi) is 5.33. The van der Waals surface area contributed by atoms with Gasteiger partial charge in [0.1, 0.15) is 5.78 Å². The average Bonchev–Trinajstić information content (AvgIpc) is 3.32. The van der Waals surface area contributed by atoms with Crippen molar-refractivity contribution in [2.24, 2.45) is 40.4 Å². The van der Waals surface area contributed by atoms with Crippen LogP contribution in [0.15, 0.2) is 23.8 Å². The van der Waals surface area contributed by atoms with Crippen LogP contribution >= 0.6 is 0 Å². The van der Waals surface area contributed by atoms with Crippen LogP contribution in [0.3, 0.4) is 0 Å². The highest BCUT2D eigenvalue weighted by Gasteiger charge is 2.61. The van der Waals surface area contributed by atoms with Crippen molar-refractivity contribution in [1.82, 2.24) is 0 Å². The van der Waals surface area contributed by atoms with E-state index in [1.807, 2.05) is 0 Å². The molecule has 0 unspecified atom stereocenters. The zero-order chi connectivity index (χ0) is 22.0. The van der Waals surface area contributed by atoms with Gasteiger partial charge in [-0.3, -0.25) is 0 Å². The lowest BCUT2D eigenvalue weighted by molar-refractivity contribution is -0.184. The van der Waals surface area contributed by atoms with Crippen LogP contribution in [0.25, 0.3) is 0 Å². The van der Waals surface area contributed by atoms with E-state index in [1.165, 1.54) is 37.7 Å². The standard InChI is InChI=1S/C28H42O3/c1-18(6-7-20(3)29)22-8-9-23-25-19(2)16-21-17-28(30-14-15-31-28)13-12-26(21,4)24(25)10-11-27(22,23)5/h16,18,22-25H,2,6-15,17H2,1,3-5H3/t18-,22-,23+,24+,25+,26+,27-/m1/s1. The van der Waals surface area contributed by atoms with Gasteiger partial charge in [-0.15, -0.1) is 0 Å². The number of carbonyl (C=O) groups excluding carboxylic acids is 1. The van der Waals surface area contributed by atoms with Gasteiger partial charge < -0.3 is 14.3 Å². The number of rotatable bonds is 4. The maximum atomic E-state index is 11.6. The predicted molar refractivity (Wildman–Crippen MR) is 123 cm³/mol. The van der Waals surface area contributed by atoms with Gasteiger partial charge in [-0.2, -0.15) is 0 Å². The molecule has 7 atom stereocenters. The number of ether oxygens (including phenoxy) is 2. The summed E-state index contributed by atoms with van der Waals surface area (Å²) in [7, 11) is 0. The lowest BCUT2D eigenvalue weighted by atomic mass is 9.46. The van der Waals surface area contributed by atoms with Gasteiger partial charge in [-0.1, -0.05) is 44.6 Å². The summed E-state index contributed by atoms with van der Waals surface area (Å²) in [4.78, 5) is 11.6. The second-order valence-corrected chi connectivity index (χ2v) is 12.1. The third kappa shape index (κ3) is 3.32. The molecule has 3 saturated carbocycles. The molecule has 1 saturated heterocycles. The first-order valence-corrected chi connectivity index (χ1v) is 12.9. The molecule has 0 aromatic rings. The van der Waals surface area contributed by atoms with Gasteiger partial charge in [-0.25, -0.2) is 0 Å². The summed E-state index contributed by atoms with van der Waals surface area (Å²) in [5, 5.41) is 0. The fourth-order valence-corrected chi connectivity index (χ4v) is 8.87. The molecule has 0 N–H and O–H groups in total. The van der Waals surface area contributed by atoms with Crippen molar-refractivity contribution in [1.29, 1.82) is 0 Å². The van der Waals surface area contributed by atoms with Gasteiger partial charge in [0.2, 0.25) is 0 Å². The molecule has 4 aliphatic carbocycles. The van der Waals surface area contributed by atoms with Crippen molar-refractivity contribution in [3.63, 3.8) is 0 Å². The van der Waals surface area contributed by atoms with Crippen LogP contribution in [0.1, 0.15) is 85.5 Å². The Hall–Kier alpha value is -0.930. The molecular formula is C28H42O3. The van der Waals surface area contributed by atoms with Crippen molar-refractivity contribution in [3.8, 4) is 0 Å². The Balaban J connectivity index is 1.40. The quantitative estimate of drug-likeness (QED) is 0.516. The number of allylic oxidation sites excluding steroid dienone is 2. The maximum Gasteiger partial charge on any atom is 0.172 e. The molecule has 5 aliphatic rings. The number of ketones is 1. The molecule has 1 spiro atoms. The van der Waals surface area contributed by atoms with Gasteiger partial charge >= 0.3 is 0 Å². The minimum absolute atomic E-state index is 0.270. The van der Waals surface area contributed by atoms with Gasteiger partial charge in [0.05, 0.1) is 13.2 Å². The van der Waals surface area contributed by atoms with Crippen LogP contribution in [0.4, 0.5) is 0 Å². The first-order valence-electron chi connectivity index (χ1n) is 12.9. The third-order valence-electron chi connectivity index (χ3n) is 10.6. The zero-order valence-corrected chi connectivity index (χ0v) is 20.2. The smallest absolute Gasteiger partial charge is 0.172 e. The molecule has 5 rings (SSSR count). The number of Topliss-reactive ketones (excluding diaryl/α,β-unsaturated/α-hetero) is 1. The fourth-order valence-electron chi connectivity index (χ4n) is 8.87. The number of fused-ring (bicyclic) bond motifs is 5. The fraction of sp³-hybridized carbons (Fsp3) is 0.821. The van der Waals surface area contributed by atoms with E-state index in [2.05, 4.69) is 33.4 Å². The highest BCUT2D eigenvalue weighted by Crippen LogP contribution is 2.68. The Morgan fingerprint density at radius 3 is 2.58 bits per heavy atom. The summed E-state index contributed by atoms with van der Waals surface area (Å²) in [6.45, 7) is 15.4. The maximum absolute atomic E-state index is 11.6. The molecule has 0 aromatic carbocycles. The van der Waals surface area contributed by atoms with E-state index in [-0.39, 0.29) is 11.2 Å². The van der Waals surface area contributed by atoms with Crippen LogP contribution in [-0.4, -0.2) is 24.8 Å². The lowest BCUT2D eigenvalue weighted by Crippen LogP contribution is -2.53. The van der Waals surface area contributed by atoms with Gasteiger partial charge in [0.15, 0.2) is 5.79 Å². The Labute approximate surface area is 189 Å². The first-order chi connectivity index (χ1) is 14.7. The third-order valence-corrected chi connectivity index (χ3v) is 10.6. The molecule has 0 amide bonds. The summed E-state index contributed by atoms with van der Waals surface area (Å²) in [5.41, 5.74) is 3.59. The zero-order valence-electron chi connectivity index (χ0n) is 20.2. The van der Waals surface area contributed by atoms with Crippen molar-refractivity contribution in [2.75, 3.05) is 13.2 Å². The summed E-state index contributed by atoms with van der Waals surface area (Å²) >= 11 is 0. The monoisotopic (exact) mass is 426 g/mol. The minimum Gasteiger partial charge on any atom is -0.347 e. The number of hydrogen-bond acceptors (Lipinski definition) is 3. The summed E-state index contributed by atoms with van der Waals surface area (Å²) in [6, 6.07) is 0. The molecule has 1 heterocycles. The number of hydrogen-bond donors (Lipinski definition) is 0. The van der Waals surface area contributed by atoms with E-state index in [1.54, 1.807) is 12.5 Å². The first kappa shape index (κ1) is 21.9. The molecular weight excluding hydrogens is 384 g/mol. The van der Waals surface area contributed by atoms with E-state index in [0.717, 1.165) is 50.7 Å². The van der Waals surface area contributed by atoms with Crippen molar-refractivity contribution < 1.29 is 14.3 Å². The van der Waals surface area contributed by atoms with E-state index in [0.29, 0.717) is 29.0 Å². The SMILES string of the molecule is C=C1C=C2CC3(CC[C@]2(C)[C@H]2CC[C@]4(C)[C@@H]([C@H](C)CCC(C)=O)CC[C@H]4[C@H]12)OCCO3. The van der Waals surface area contributed by atoms with Gasteiger partial charge in [0.25, 0.3) is 0 Å². The molecule has 0 bridgehead atoms. The van der Waals surface area contributed by atoms with Crippen molar-refractivity contribution in [2.45, 2.75) is 91.3 Å². The van der Waals surface area contributed by atoms with Crippen LogP contribution in [0, 0.1) is 40.4 Å². The second-order valence-electron chi connectivity index (χ2n) is 12.1. The molecule has 0 aromatic heterocycles. The summed E-state index contributed by atoms with van der Waals surface area (Å²) in [6.07, 6.45) is 12.7. The molecule has 4 fully saturated rings. The van der Waals surface area contributed by atoms with Crippen LogP contribution in [0.2, 0.25) is 0 Å². The van der Waals surface area contributed by atoms with Gasteiger partial charge in [0, 0.05) is 19.3 Å². The van der Waals surface area contributed by atoms with E-state index in [4.69, 9.17) is 9.47 Å². The topological polar surface area (TPSA) is 35.5 Å². The Morgan fingerprint density at radius 2 is 1.87 bits per heavy atom. The number of carbonyl (C=O) groups is 1. The van der Waals surface area contributed by atoms with Gasteiger partial charge in [-0.05, 0) is 85.9 Å². The highest BCUT2D eigenvalue weighted by atomic mass is 16.7. The molecule has 31 heavy (non-hydrogen) atoms. The van der Waals surface area contributed by atoms with E-state index in [9.17, 15) is 4.79 Å². The molecule has 3 nitrogen and oxygen atoms in total. The average molecular weight is 427 g/mol. The largest absolute Gasteiger partial charge is 0.347 e. The van der Waals surface area contributed by atoms with Crippen LogP contribution < -0.4 is 0 Å². The predicted octanol–water partition coefficient (Wildman–Crippen LogP) is 6.48. The molecule has 172 valence electrons. The minimum atomic E-state index is -0.355. The second kappa shape index (κ2) is 7.55. The lowest BCUT2D eigenvalue weighted by Gasteiger charge is -2.59. The molecule has 0 radical (unpaired) electrons. The van der Waals surface area contributed by atoms with E-state index < -0.39 is 0 Å². The van der Waals surface area contributed by atoms with E-state index >= 15 is 0 Å². The van der Waals surface area contributed by atoms with Crippen molar-refractivity contribution in [3.05, 3.63) is 23.8 Å². The molecule has 1 aliphatic heterocycles. The normalized spacial score (nSPS) is 44.4. The molecule has 3 heteroatoms.